The van der Waals surface area contributed by atoms with E-state index in [-0.39, 0.29) is 5.41 Å². The molecule has 114 valence electrons. The van der Waals surface area contributed by atoms with E-state index in [9.17, 15) is 0 Å². The lowest BCUT2D eigenvalue weighted by Crippen LogP contribution is -2.27. The second kappa shape index (κ2) is 7.36. The van der Waals surface area contributed by atoms with Gasteiger partial charge in [0.05, 0.1) is 12.0 Å². The molecule has 0 radical (unpaired) electrons. The lowest BCUT2D eigenvalue weighted by molar-refractivity contribution is 0.347. The average molecular weight is 287 g/mol. The molecule has 0 atom stereocenters. The number of hydrogen-bond acceptors (Lipinski definition) is 4. The first kappa shape index (κ1) is 15.7. The zero-order chi connectivity index (χ0) is 15.1. The summed E-state index contributed by atoms with van der Waals surface area (Å²) in [6.45, 7) is 8.10. The first-order valence-corrected chi connectivity index (χ1v) is 7.86. The van der Waals surface area contributed by atoms with Crippen molar-refractivity contribution < 1.29 is 4.52 Å². The maximum Gasteiger partial charge on any atom is 0.240 e. The lowest BCUT2D eigenvalue weighted by Gasteiger charge is -2.28. The lowest BCUT2D eigenvalue weighted by atomic mass is 9.75. The Morgan fingerprint density at radius 1 is 1.10 bits per heavy atom. The van der Waals surface area contributed by atoms with Crippen LogP contribution in [0.3, 0.4) is 0 Å². The van der Waals surface area contributed by atoms with Crippen LogP contribution in [-0.4, -0.2) is 16.7 Å². The number of nitrogens with one attached hydrogen (secondary N) is 1. The quantitative estimate of drug-likeness (QED) is 0.753. The normalized spacial score (nSPS) is 11.8. The van der Waals surface area contributed by atoms with Crippen molar-refractivity contribution in [2.24, 2.45) is 0 Å². The Morgan fingerprint density at radius 3 is 2.43 bits per heavy atom. The Balaban J connectivity index is 2.27. The van der Waals surface area contributed by atoms with Crippen molar-refractivity contribution in [2.75, 3.05) is 6.54 Å². The molecule has 0 bridgehead atoms. The van der Waals surface area contributed by atoms with E-state index in [0.717, 1.165) is 31.6 Å². The maximum absolute atomic E-state index is 5.42. The summed E-state index contributed by atoms with van der Waals surface area (Å²) in [5, 5.41) is 7.56. The highest BCUT2D eigenvalue weighted by molar-refractivity contribution is 5.32. The van der Waals surface area contributed by atoms with Crippen molar-refractivity contribution in [3.63, 3.8) is 0 Å². The molecular weight excluding hydrogens is 262 g/mol. The summed E-state index contributed by atoms with van der Waals surface area (Å²) in [7, 11) is 0. The minimum Gasteiger partial charge on any atom is -0.338 e. The molecule has 0 fully saturated rings. The van der Waals surface area contributed by atoms with Gasteiger partial charge in [-0.15, -0.1) is 0 Å². The Hall–Kier alpha value is -1.68. The van der Waals surface area contributed by atoms with Crippen LogP contribution in [-0.2, 0) is 12.0 Å². The van der Waals surface area contributed by atoms with Gasteiger partial charge in [-0.25, -0.2) is 0 Å². The first-order chi connectivity index (χ1) is 10.3. The molecule has 0 saturated heterocycles. The fraction of sp³-hybridized carbons (Fsp3) is 0.529. The molecule has 0 amide bonds. The SMILES string of the molecule is CCCNCc1nc(C(CC)(CC)c2ccccc2)no1. The number of aromatic nitrogens is 2. The van der Waals surface area contributed by atoms with Gasteiger partial charge in [-0.2, -0.15) is 4.98 Å². The van der Waals surface area contributed by atoms with Gasteiger partial charge in [-0.1, -0.05) is 56.3 Å². The van der Waals surface area contributed by atoms with Gasteiger partial charge in [0, 0.05) is 0 Å². The summed E-state index contributed by atoms with van der Waals surface area (Å²) in [6, 6.07) is 10.5. The molecule has 2 aromatic rings. The molecule has 2 rings (SSSR count). The maximum atomic E-state index is 5.42. The summed E-state index contributed by atoms with van der Waals surface area (Å²) in [5.41, 5.74) is 1.09. The molecule has 0 spiro atoms. The molecule has 1 aromatic carbocycles. The van der Waals surface area contributed by atoms with Crippen LogP contribution >= 0.6 is 0 Å². The number of hydrogen-bond donors (Lipinski definition) is 1. The minimum atomic E-state index is -0.159. The fourth-order valence-corrected chi connectivity index (χ4v) is 2.75. The monoisotopic (exact) mass is 287 g/mol. The summed E-state index contributed by atoms with van der Waals surface area (Å²) >= 11 is 0. The number of benzene rings is 1. The molecule has 0 aliphatic heterocycles. The molecule has 1 heterocycles. The highest BCUT2D eigenvalue weighted by Gasteiger charge is 2.35. The van der Waals surface area contributed by atoms with Gasteiger partial charge < -0.3 is 9.84 Å². The van der Waals surface area contributed by atoms with E-state index in [4.69, 9.17) is 4.52 Å². The van der Waals surface area contributed by atoms with Crippen molar-refractivity contribution in [2.45, 2.75) is 52.0 Å². The highest BCUT2D eigenvalue weighted by Crippen LogP contribution is 2.36. The summed E-state index contributed by atoms with van der Waals surface area (Å²) in [5.74, 6) is 1.47. The summed E-state index contributed by atoms with van der Waals surface area (Å²) in [4.78, 5) is 4.63. The van der Waals surface area contributed by atoms with Crippen molar-refractivity contribution >= 4 is 0 Å². The number of nitrogens with zero attached hydrogens (tertiary/aromatic N) is 2. The van der Waals surface area contributed by atoms with Crippen LogP contribution in [0.5, 0.6) is 0 Å². The standard InChI is InChI=1S/C17H25N3O/c1-4-12-18-13-15-19-16(20-21-15)17(5-2,6-3)14-10-8-7-9-11-14/h7-11,18H,4-6,12-13H2,1-3H3. The van der Waals surface area contributed by atoms with Gasteiger partial charge >= 0.3 is 0 Å². The van der Waals surface area contributed by atoms with Crippen LogP contribution in [0.25, 0.3) is 0 Å². The Morgan fingerprint density at radius 2 is 1.81 bits per heavy atom. The van der Waals surface area contributed by atoms with E-state index in [1.54, 1.807) is 0 Å². The van der Waals surface area contributed by atoms with Crippen molar-refractivity contribution in [3.8, 4) is 0 Å². The average Bonchev–Trinajstić information content (AvgIpc) is 3.00. The molecule has 4 heteroatoms. The molecule has 0 unspecified atom stereocenters. The molecular formula is C17H25N3O. The van der Waals surface area contributed by atoms with Crippen LogP contribution in [0.15, 0.2) is 34.9 Å². The van der Waals surface area contributed by atoms with Gasteiger partial charge in [0.2, 0.25) is 5.89 Å². The van der Waals surface area contributed by atoms with Gasteiger partial charge in [0.1, 0.15) is 0 Å². The molecule has 0 aliphatic carbocycles. The Kier molecular flexibility index (Phi) is 5.51. The van der Waals surface area contributed by atoms with Crippen molar-refractivity contribution in [1.29, 1.82) is 0 Å². The number of rotatable bonds is 8. The molecule has 0 aliphatic rings. The van der Waals surface area contributed by atoms with E-state index in [0.29, 0.717) is 12.4 Å². The fourth-order valence-electron chi connectivity index (χ4n) is 2.75. The van der Waals surface area contributed by atoms with Crippen LogP contribution < -0.4 is 5.32 Å². The smallest absolute Gasteiger partial charge is 0.240 e. The second-order valence-electron chi connectivity index (χ2n) is 5.34. The first-order valence-electron chi connectivity index (χ1n) is 7.86. The highest BCUT2D eigenvalue weighted by atomic mass is 16.5. The van der Waals surface area contributed by atoms with Crippen LogP contribution in [0, 0.1) is 0 Å². The molecule has 0 saturated carbocycles. The van der Waals surface area contributed by atoms with E-state index in [1.807, 2.05) is 6.07 Å². The predicted molar refractivity (Wildman–Crippen MR) is 84.1 cm³/mol. The van der Waals surface area contributed by atoms with Gasteiger partial charge in [0.25, 0.3) is 0 Å². The third kappa shape index (κ3) is 3.32. The molecule has 1 N–H and O–H groups in total. The molecule has 1 aromatic heterocycles. The van der Waals surface area contributed by atoms with Crippen molar-refractivity contribution in [1.82, 2.24) is 15.5 Å². The third-order valence-corrected chi connectivity index (χ3v) is 4.13. The Labute approximate surface area is 127 Å². The van der Waals surface area contributed by atoms with E-state index < -0.39 is 0 Å². The second-order valence-corrected chi connectivity index (χ2v) is 5.34. The summed E-state index contributed by atoms with van der Waals surface area (Å²) < 4.78 is 5.42. The van der Waals surface area contributed by atoms with Crippen molar-refractivity contribution in [3.05, 3.63) is 47.6 Å². The zero-order valence-electron chi connectivity index (χ0n) is 13.2. The van der Waals surface area contributed by atoms with E-state index in [2.05, 4.69) is 60.5 Å². The summed E-state index contributed by atoms with van der Waals surface area (Å²) in [6.07, 6.45) is 3.00. The third-order valence-electron chi connectivity index (χ3n) is 4.13. The van der Waals surface area contributed by atoms with Crippen LogP contribution in [0.2, 0.25) is 0 Å². The van der Waals surface area contributed by atoms with Crippen LogP contribution in [0.4, 0.5) is 0 Å². The Bertz CT molecular complexity index is 532. The van der Waals surface area contributed by atoms with Gasteiger partial charge in [0.15, 0.2) is 5.82 Å². The van der Waals surface area contributed by atoms with Gasteiger partial charge in [-0.3, -0.25) is 0 Å². The molecule has 4 nitrogen and oxygen atoms in total. The van der Waals surface area contributed by atoms with E-state index in [1.165, 1.54) is 5.56 Å². The minimum absolute atomic E-state index is 0.159. The predicted octanol–water partition coefficient (Wildman–Crippen LogP) is 3.68. The van der Waals surface area contributed by atoms with Gasteiger partial charge in [-0.05, 0) is 31.4 Å². The van der Waals surface area contributed by atoms with Crippen LogP contribution in [0.1, 0.15) is 57.3 Å². The largest absolute Gasteiger partial charge is 0.338 e. The topological polar surface area (TPSA) is 51.0 Å². The molecule has 21 heavy (non-hydrogen) atoms. The zero-order valence-corrected chi connectivity index (χ0v) is 13.2. The van der Waals surface area contributed by atoms with E-state index >= 15 is 0 Å².